The molecule has 1 atom stereocenters. The van der Waals surface area contributed by atoms with Crippen molar-refractivity contribution in [2.24, 2.45) is 5.41 Å². The summed E-state index contributed by atoms with van der Waals surface area (Å²) in [5.74, 6) is 0. The molecule has 0 aliphatic carbocycles. The zero-order chi connectivity index (χ0) is 6.78. The molecule has 0 aromatic heterocycles. The molecule has 0 heterocycles. The van der Waals surface area contributed by atoms with Gasteiger partial charge < -0.3 is 0 Å². The second-order valence-electron chi connectivity index (χ2n) is 3.09. The van der Waals surface area contributed by atoms with Gasteiger partial charge in [0.1, 0.15) is 0 Å². The number of thioether (sulfide) groups is 1. The maximum absolute atomic E-state index is 3.99. The van der Waals surface area contributed by atoms with E-state index in [-0.39, 0.29) is 0 Å². The van der Waals surface area contributed by atoms with Crippen molar-refractivity contribution in [3.8, 4) is 0 Å². The van der Waals surface area contributed by atoms with Crippen LogP contribution in [0.4, 0.5) is 0 Å². The second kappa shape index (κ2) is 2.77. The third-order valence-corrected chi connectivity index (χ3v) is 2.53. The van der Waals surface area contributed by atoms with Crippen LogP contribution >= 0.6 is 11.8 Å². The van der Waals surface area contributed by atoms with Crippen LogP contribution in [0.2, 0.25) is 0 Å². The number of hydrogen-bond acceptors (Lipinski definition) is 1. The first-order valence-corrected chi connectivity index (χ1v) is 4.13. The van der Waals surface area contributed by atoms with Gasteiger partial charge >= 0.3 is 0 Å². The third kappa shape index (κ3) is 2.61. The molecule has 8 heavy (non-hydrogen) atoms. The van der Waals surface area contributed by atoms with E-state index < -0.39 is 0 Å². The van der Waals surface area contributed by atoms with E-state index in [0.717, 1.165) is 0 Å². The summed E-state index contributed by atoms with van der Waals surface area (Å²) in [6, 6.07) is 0. The first kappa shape index (κ1) is 8.35. The van der Waals surface area contributed by atoms with E-state index in [4.69, 9.17) is 0 Å². The SMILES string of the molecule is [CH2]C(SC)C(C)(C)C. The highest BCUT2D eigenvalue weighted by atomic mass is 32.2. The summed E-state index contributed by atoms with van der Waals surface area (Å²) in [7, 11) is 0. The predicted molar refractivity (Wildman–Crippen MR) is 42.1 cm³/mol. The molecule has 0 aromatic carbocycles. The fraction of sp³-hybridized carbons (Fsp3) is 0.857. The van der Waals surface area contributed by atoms with Gasteiger partial charge in [0, 0.05) is 5.25 Å². The van der Waals surface area contributed by atoms with E-state index >= 15 is 0 Å². The quantitative estimate of drug-likeness (QED) is 0.527. The molecule has 0 fully saturated rings. The molecule has 0 rings (SSSR count). The van der Waals surface area contributed by atoms with Crippen LogP contribution in [-0.2, 0) is 0 Å². The molecular weight excluding hydrogens is 116 g/mol. The molecule has 0 saturated heterocycles. The Hall–Kier alpha value is 0.350. The average Bonchev–Trinajstić information content (AvgIpc) is 1.62. The molecule has 1 unspecified atom stereocenters. The smallest absolute Gasteiger partial charge is 0.00932 e. The molecule has 0 aromatic rings. The molecule has 0 amide bonds. The zero-order valence-corrected chi connectivity index (χ0v) is 7.01. The van der Waals surface area contributed by atoms with Crippen molar-refractivity contribution >= 4 is 11.8 Å². The standard InChI is InChI=1S/C7H15S/c1-6(8-5)7(2,3)4/h6H,1H2,2-5H3. The van der Waals surface area contributed by atoms with Crippen molar-refractivity contribution in [3.05, 3.63) is 6.92 Å². The molecule has 0 N–H and O–H groups in total. The van der Waals surface area contributed by atoms with Crippen LogP contribution in [0.5, 0.6) is 0 Å². The Morgan fingerprint density at radius 3 is 1.75 bits per heavy atom. The molecule has 0 saturated carbocycles. The first-order chi connectivity index (χ1) is 3.48. The molecule has 1 radical (unpaired) electrons. The molecule has 0 nitrogen and oxygen atoms in total. The van der Waals surface area contributed by atoms with Gasteiger partial charge in [0.2, 0.25) is 0 Å². The molecule has 0 aliphatic heterocycles. The minimum Gasteiger partial charge on any atom is -0.161 e. The van der Waals surface area contributed by atoms with Crippen LogP contribution in [0.25, 0.3) is 0 Å². The predicted octanol–water partition coefficient (Wildman–Crippen LogP) is 2.60. The maximum Gasteiger partial charge on any atom is 0.00932 e. The van der Waals surface area contributed by atoms with E-state index in [0.29, 0.717) is 10.7 Å². The maximum atomic E-state index is 3.99. The summed E-state index contributed by atoms with van der Waals surface area (Å²) in [5, 5.41) is 0.516. The fourth-order valence-corrected chi connectivity index (χ4v) is 1.06. The summed E-state index contributed by atoms with van der Waals surface area (Å²) in [6.07, 6.45) is 2.10. The van der Waals surface area contributed by atoms with E-state index in [1.807, 2.05) is 11.8 Å². The van der Waals surface area contributed by atoms with Crippen molar-refractivity contribution in [3.63, 3.8) is 0 Å². The molecule has 0 spiro atoms. The van der Waals surface area contributed by atoms with Gasteiger partial charge in [-0.1, -0.05) is 20.8 Å². The lowest BCUT2D eigenvalue weighted by Crippen LogP contribution is -2.19. The van der Waals surface area contributed by atoms with E-state index in [2.05, 4.69) is 34.0 Å². The fourth-order valence-electron chi connectivity index (χ4n) is 0.354. The monoisotopic (exact) mass is 131 g/mol. The Kier molecular flexibility index (Phi) is 2.89. The van der Waals surface area contributed by atoms with Gasteiger partial charge in [-0.3, -0.25) is 0 Å². The minimum atomic E-state index is 0.361. The van der Waals surface area contributed by atoms with Crippen molar-refractivity contribution in [2.75, 3.05) is 6.26 Å². The molecular formula is C7H15S. The van der Waals surface area contributed by atoms with Crippen LogP contribution in [0, 0.1) is 12.3 Å². The number of rotatable bonds is 1. The third-order valence-electron chi connectivity index (χ3n) is 1.25. The van der Waals surface area contributed by atoms with Gasteiger partial charge in [-0.05, 0) is 18.6 Å². The van der Waals surface area contributed by atoms with Gasteiger partial charge in [-0.15, -0.1) is 0 Å². The molecule has 1 heteroatoms. The Balaban J connectivity index is 3.62. The van der Waals surface area contributed by atoms with Crippen LogP contribution < -0.4 is 0 Å². The van der Waals surface area contributed by atoms with Crippen LogP contribution in [0.3, 0.4) is 0 Å². The van der Waals surface area contributed by atoms with Crippen LogP contribution in [0.15, 0.2) is 0 Å². The molecule has 49 valence electrons. The van der Waals surface area contributed by atoms with E-state index in [1.165, 1.54) is 0 Å². The lowest BCUT2D eigenvalue weighted by molar-refractivity contribution is 0.431. The van der Waals surface area contributed by atoms with Crippen LogP contribution in [-0.4, -0.2) is 11.5 Å². The lowest BCUT2D eigenvalue weighted by atomic mass is 9.93. The molecule has 0 bridgehead atoms. The zero-order valence-electron chi connectivity index (χ0n) is 6.19. The Labute approximate surface area is 57.1 Å². The Morgan fingerprint density at radius 2 is 1.75 bits per heavy atom. The largest absolute Gasteiger partial charge is 0.161 e. The van der Waals surface area contributed by atoms with Gasteiger partial charge in [0.25, 0.3) is 0 Å². The van der Waals surface area contributed by atoms with Gasteiger partial charge in [-0.25, -0.2) is 0 Å². The van der Waals surface area contributed by atoms with Gasteiger partial charge in [0.15, 0.2) is 0 Å². The van der Waals surface area contributed by atoms with Crippen LogP contribution in [0.1, 0.15) is 20.8 Å². The van der Waals surface area contributed by atoms with Crippen molar-refractivity contribution < 1.29 is 0 Å². The minimum absolute atomic E-state index is 0.361. The topological polar surface area (TPSA) is 0 Å². The van der Waals surface area contributed by atoms with E-state index in [9.17, 15) is 0 Å². The first-order valence-electron chi connectivity index (χ1n) is 2.84. The van der Waals surface area contributed by atoms with Crippen molar-refractivity contribution in [2.45, 2.75) is 26.0 Å². The average molecular weight is 131 g/mol. The van der Waals surface area contributed by atoms with E-state index in [1.54, 1.807) is 0 Å². The Morgan fingerprint density at radius 1 is 1.38 bits per heavy atom. The van der Waals surface area contributed by atoms with Gasteiger partial charge in [0.05, 0.1) is 0 Å². The summed E-state index contributed by atoms with van der Waals surface area (Å²) >= 11 is 1.82. The van der Waals surface area contributed by atoms with Crippen molar-refractivity contribution in [1.82, 2.24) is 0 Å². The number of hydrogen-bond donors (Lipinski definition) is 0. The second-order valence-corrected chi connectivity index (χ2v) is 4.13. The van der Waals surface area contributed by atoms with Gasteiger partial charge in [-0.2, -0.15) is 11.8 Å². The summed E-state index contributed by atoms with van der Waals surface area (Å²) in [6.45, 7) is 10.6. The summed E-state index contributed by atoms with van der Waals surface area (Å²) < 4.78 is 0. The highest BCUT2D eigenvalue weighted by molar-refractivity contribution is 7.99. The summed E-state index contributed by atoms with van der Waals surface area (Å²) in [5.41, 5.74) is 0.361. The molecule has 0 aliphatic rings. The highest BCUT2D eigenvalue weighted by Crippen LogP contribution is 2.27. The lowest BCUT2D eigenvalue weighted by Gasteiger charge is -2.24. The normalized spacial score (nSPS) is 16.1. The highest BCUT2D eigenvalue weighted by Gasteiger charge is 2.17. The summed E-state index contributed by atoms with van der Waals surface area (Å²) in [4.78, 5) is 0. The Bertz CT molecular complexity index is 61.3. The van der Waals surface area contributed by atoms with Crippen molar-refractivity contribution in [1.29, 1.82) is 0 Å².